The summed E-state index contributed by atoms with van der Waals surface area (Å²) in [5.74, 6) is 0.238. The van der Waals surface area contributed by atoms with Crippen LogP contribution >= 0.6 is 11.3 Å². The minimum Gasteiger partial charge on any atom is -0.490 e. The molecule has 2 saturated heterocycles. The fourth-order valence-electron chi connectivity index (χ4n) is 11.8. The fraction of sp³-hybridized carbons (Fsp3) is 0.386. The molecule has 0 bridgehead atoms. The number of benzene rings is 4. The Morgan fingerprint density at radius 1 is 0.861 bits per heavy atom. The summed E-state index contributed by atoms with van der Waals surface area (Å²) in [7, 11) is 1.96. The molecule has 3 N–H and O–H groups in total. The van der Waals surface area contributed by atoms with E-state index in [4.69, 9.17) is 14.8 Å². The molecule has 3 aliphatic heterocycles. The van der Waals surface area contributed by atoms with Crippen molar-refractivity contribution in [1.29, 1.82) is 0 Å². The molecule has 14 nitrogen and oxygen atoms in total. The molecule has 370 valence electrons. The first-order valence-electron chi connectivity index (χ1n) is 25.6. The maximum atomic E-state index is 13.7. The van der Waals surface area contributed by atoms with E-state index in [1.54, 1.807) is 0 Å². The number of imide groups is 1. The number of anilines is 2. The Labute approximate surface area is 422 Å². The Balaban J connectivity index is 0.670. The van der Waals surface area contributed by atoms with Gasteiger partial charge in [0.1, 0.15) is 11.6 Å². The van der Waals surface area contributed by atoms with Gasteiger partial charge in [-0.3, -0.25) is 29.7 Å². The second-order valence-electron chi connectivity index (χ2n) is 20.2. The molecular weight excluding hydrogens is 925 g/mol. The van der Waals surface area contributed by atoms with Crippen molar-refractivity contribution in [1.82, 2.24) is 30.0 Å². The molecule has 0 spiro atoms. The van der Waals surface area contributed by atoms with E-state index in [9.17, 15) is 24.3 Å². The largest absolute Gasteiger partial charge is 0.490 e. The first-order valence-corrected chi connectivity index (χ1v) is 26.4. The van der Waals surface area contributed by atoms with Crippen molar-refractivity contribution < 1.29 is 29.0 Å². The number of unbranched alkanes of at least 4 members (excludes halogenated alkanes) is 1. The van der Waals surface area contributed by atoms with Gasteiger partial charge in [0.2, 0.25) is 11.8 Å². The number of aryl methyl sites for hydroxylation is 1. The van der Waals surface area contributed by atoms with Crippen molar-refractivity contribution in [3.63, 3.8) is 0 Å². The molecule has 1 unspecified atom stereocenters. The van der Waals surface area contributed by atoms with Crippen LogP contribution in [0.3, 0.4) is 0 Å². The third-order valence-electron chi connectivity index (χ3n) is 15.6. The quantitative estimate of drug-likeness (QED) is 0.0700. The number of aromatic nitrogens is 4. The highest BCUT2D eigenvalue weighted by Crippen LogP contribution is 2.39. The minimum atomic E-state index is -1.10. The third kappa shape index (κ3) is 9.59. The number of fused-ring (bicyclic) bond motifs is 3. The molecule has 11 rings (SSSR count). The van der Waals surface area contributed by atoms with Gasteiger partial charge in [0.25, 0.3) is 5.91 Å². The number of pyridine rings is 1. The molecule has 3 fully saturated rings. The van der Waals surface area contributed by atoms with Gasteiger partial charge >= 0.3 is 5.97 Å². The second-order valence-corrected chi connectivity index (χ2v) is 21.2. The van der Waals surface area contributed by atoms with Gasteiger partial charge in [-0.2, -0.15) is 5.10 Å². The minimum absolute atomic E-state index is 0.0186. The Hall–Kier alpha value is -6.97. The van der Waals surface area contributed by atoms with Gasteiger partial charge in [-0.1, -0.05) is 78.8 Å². The number of piperidine rings is 1. The van der Waals surface area contributed by atoms with Crippen LogP contribution < -0.4 is 20.3 Å². The standard InChI is InChI=1S/C57H60N8O6S/c1-34-39(41-23-25-49(59-52(41)56(69)70)65-31-28-36-11-7-14-42(45(36)33-65)54(67)61-57-58-46-16-3-4-18-48(46)72-57)12-9-17-47(34)71-38-21-19-35(20-22-38)10-5-6-29-64-30-27-37(32-64)40-13-8-15-43-51(62-63(2)53(40)43)44-24-26-50(66)60-55(44)68/h3-4,7-9,11-18,23,25,35,37-38,44H,5-6,10,19-22,24,26-33H2,1-2H3,(H,69,70)(H,58,61,67)(H,60,66,68)/t35-,37-,38-,44?/m0/s1. The first kappa shape index (κ1) is 47.4. The van der Waals surface area contributed by atoms with E-state index in [1.165, 1.54) is 36.2 Å². The second kappa shape index (κ2) is 20.3. The van der Waals surface area contributed by atoms with E-state index in [-0.39, 0.29) is 29.5 Å². The van der Waals surface area contributed by atoms with E-state index < -0.39 is 11.9 Å². The Kier molecular flexibility index (Phi) is 13.3. The Bertz CT molecular complexity index is 3200. The van der Waals surface area contributed by atoms with Crippen molar-refractivity contribution in [2.75, 3.05) is 36.4 Å². The van der Waals surface area contributed by atoms with Crippen LogP contribution in [0.25, 0.3) is 32.2 Å². The molecule has 4 aromatic carbocycles. The smallest absolute Gasteiger partial charge is 0.355 e. The SMILES string of the molecule is Cc1c(O[C@H]2CC[C@H](CCCCN3CC[C@H](c4cccc5c(C6CCC(=O)NC6=O)nn(C)c45)C3)CC2)cccc1-c1ccc(N2CCc3cccc(C(=O)Nc4nc5ccccc5s4)c3C2)nc1C(=O)O. The lowest BCUT2D eigenvalue weighted by Crippen LogP contribution is -2.39. The lowest BCUT2D eigenvalue weighted by atomic mass is 9.84. The number of para-hydroxylation sites is 2. The molecular formula is C57H60N8O6S. The number of thiazole rings is 1. The summed E-state index contributed by atoms with van der Waals surface area (Å²) in [6.45, 7) is 6.24. The van der Waals surface area contributed by atoms with Gasteiger partial charge in [-0.05, 0) is 147 Å². The van der Waals surface area contributed by atoms with Crippen molar-refractivity contribution in [2.24, 2.45) is 13.0 Å². The van der Waals surface area contributed by atoms with Crippen molar-refractivity contribution in [3.05, 3.63) is 130 Å². The number of carbonyl (C=O) groups is 4. The van der Waals surface area contributed by atoms with Gasteiger partial charge < -0.3 is 19.6 Å². The van der Waals surface area contributed by atoms with Gasteiger partial charge in [-0.15, -0.1) is 0 Å². The summed E-state index contributed by atoms with van der Waals surface area (Å²) in [4.78, 5) is 65.1. The number of nitrogens with zero attached hydrogens (tertiary/aromatic N) is 6. The van der Waals surface area contributed by atoms with Crippen molar-refractivity contribution >= 4 is 67.1 Å². The molecule has 3 amide bonds. The van der Waals surface area contributed by atoms with Crippen LogP contribution in [0.4, 0.5) is 10.9 Å². The van der Waals surface area contributed by atoms with Gasteiger partial charge in [0.15, 0.2) is 10.8 Å². The number of rotatable bonds is 14. The summed E-state index contributed by atoms with van der Waals surface area (Å²) in [6.07, 6.45) is 10.6. The van der Waals surface area contributed by atoms with E-state index in [1.807, 2.05) is 91.4 Å². The van der Waals surface area contributed by atoms with Crippen LogP contribution in [0, 0.1) is 12.8 Å². The average Bonchev–Trinajstić information content (AvgIpc) is 4.13. The Morgan fingerprint density at radius 2 is 1.69 bits per heavy atom. The maximum Gasteiger partial charge on any atom is 0.355 e. The molecule has 3 aromatic heterocycles. The number of nitrogens with one attached hydrogen (secondary N) is 2. The molecule has 1 aliphatic carbocycles. The van der Waals surface area contributed by atoms with Gasteiger partial charge in [0, 0.05) is 49.6 Å². The summed E-state index contributed by atoms with van der Waals surface area (Å²) < 4.78 is 9.63. The zero-order chi connectivity index (χ0) is 49.5. The maximum absolute atomic E-state index is 13.7. The number of likely N-dealkylation sites (tertiary alicyclic amines) is 1. The summed E-state index contributed by atoms with van der Waals surface area (Å²) >= 11 is 1.44. The molecule has 7 aromatic rings. The highest BCUT2D eigenvalue weighted by Gasteiger charge is 2.34. The number of carboxylic acids is 1. The summed E-state index contributed by atoms with van der Waals surface area (Å²) in [5, 5.41) is 22.4. The topological polar surface area (TPSA) is 172 Å². The van der Waals surface area contributed by atoms with Gasteiger partial charge in [0.05, 0.1) is 33.4 Å². The average molecular weight is 985 g/mol. The number of aromatic carboxylic acids is 1. The number of amides is 3. The monoisotopic (exact) mass is 984 g/mol. The zero-order valence-corrected chi connectivity index (χ0v) is 41.7. The van der Waals surface area contributed by atoms with E-state index in [0.717, 1.165) is 107 Å². The van der Waals surface area contributed by atoms with E-state index in [0.29, 0.717) is 66.3 Å². The molecule has 2 atom stereocenters. The van der Waals surface area contributed by atoms with Crippen LogP contribution in [0.1, 0.15) is 125 Å². The number of carbonyl (C=O) groups excluding carboxylic acids is 3. The van der Waals surface area contributed by atoms with Gasteiger partial charge in [-0.25, -0.2) is 14.8 Å². The number of hydrogen-bond acceptors (Lipinski definition) is 11. The van der Waals surface area contributed by atoms with Crippen LogP contribution in [0.2, 0.25) is 0 Å². The summed E-state index contributed by atoms with van der Waals surface area (Å²) in [5.41, 5.74) is 8.77. The first-order chi connectivity index (χ1) is 35.0. The highest BCUT2D eigenvalue weighted by molar-refractivity contribution is 7.22. The van der Waals surface area contributed by atoms with E-state index >= 15 is 0 Å². The number of ether oxygens (including phenoxy) is 1. The predicted molar refractivity (Wildman–Crippen MR) is 280 cm³/mol. The van der Waals surface area contributed by atoms with Crippen LogP contribution in [-0.2, 0) is 29.6 Å². The van der Waals surface area contributed by atoms with Crippen molar-refractivity contribution in [2.45, 2.75) is 102 Å². The molecule has 6 heterocycles. The highest BCUT2D eigenvalue weighted by atomic mass is 32.1. The normalized spacial score (nSPS) is 20.4. The number of carboxylic acid groups (broad SMARTS) is 1. The van der Waals surface area contributed by atoms with E-state index in [2.05, 4.69) is 43.6 Å². The summed E-state index contributed by atoms with van der Waals surface area (Å²) in [6, 6.07) is 29.6. The Morgan fingerprint density at radius 3 is 2.53 bits per heavy atom. The lowest BCUT2D eigenvalue weighted by molar-refractivity contribution is -0.134. The molecule has 1 saturated carbocycles. The van der Waals surface area contributed by atoms with Crippen LogP contribution in [0.5, 0.6) is 5.75 Å². The fourth-order valence-corrected chi connectivity index (χ4v) is 12.7. The molecule has 15 heteroatoms. The molecule has 72 heavy (non-hydrogen) atoms. The lowest BCUT2D eigenvalue weighted by Gasteiger charge is -2.31. The molecule has 0 radical (unpaired) electrons. The zero-order valence-electron chi connectivity index (χ0n) is 40.9. The van der Waals surface area contributed by atoms with Crippen molar-refractivity contribution in [3.8, 4) is 16.9 Å². The number of hydrogen-bond donors (Lipinski definition) is 3. The molecule has 4 aliphatic rings. The van der Waals surface area contributed by atoms with Crippen LogP contribution in [-0.4, -0.2) is 85.7 Å². The van der Waals surface area contributed by atoms with Crippen LogP contribution in [0.15, 0.2) is 91.0 Å². The third-order valence-corrected chi connectivity index (χ3v) is 16.6. The predicted octanol–water partition coefficient (Wildman–Crippen LogP) is 10.2.